The van der Waals surface area contributed by atoms with Gasteiger partial charge in [-0.05, 0) is 65.2 Å². The zero-order valence-corrected chi connectivity index (χ0v) is 15.8. The Labute approximate surface area is 157 Å². The van der Waals surface area contributed by atoms with Crippen molar-refractivity contribution >= 4 is 33.2 Å². The number of hydrogen-bond acceptors (Lipinski definition) is 3. The fraction of sp³-hybridized carbons (Fsp3) is 0.278. The first kappa shape index (κ1) is 20.1. The molecule has 0 aliphatic heterocycles. The van der Waals surface area contributed by atoms with Crippen molar-refractivity contribution in [1.82, 2.24) is 0 Å². The van der Waals surface area contributed by atoms with Crippen LogP contribution in [0.2, 0.25) is 0 Å². The summed E-state index contributed by atoms with van der Waals surface area (Å²) >= 11 is 3.37. The molecule has 1 amide bonds. The number of benzene rings is 2. The Balaban J connectivity index is 2.00. The number of carbonyl (C=O) groups is 1. The first-order chi connectivity index (χ1) is 12.1. The van der Waals surface area contributed by atoms with E-state index in [9.17, 15) is 18.0 Å². The van der Waals surface area contributed by atoms with Crippen molar-refractivity contribution in [2.24, 2.45) is 0 Å². The highest BCUT2D eigenvalue weighted by molar-refractivity contribution is 9.10. The van der Waals surface area contributed by atoms with Crippen molar-refractivity contribution in [3.63, 3.8) is 0 Å². The molecule has 0 saturated carbocycles. The van der Waals surface area contributed by atoms with Gasteiger partial charge in [0.15, 0.2) is 6.61 Å². The normalized spacial score (nSPS) is 11.2. The van der Waals surface area contributed by atoms with E-state index in [0.717, 1.165) is 15.6 Å². The number of carbonyl (C=O) groups excluding carboxylic acids is 1. The largest absolute Gasteiger partial charge is 0.482 e. The molecule has 0 aliphatic carbocycles. The molecule has 0 aliphatic rings. The summed E-state index contributed by atoms with van der Waals surface area (Å²) in [5.74, 6) is -0.288. The molecule has 0 spiro atoms. The van der Waals surface area contributed by atoms with Gasteiger partial charge in [0.1, 0.15) is 5.75 Å². The topological polar surface area (TPSA) is 50.4 Å². The van der Waals surface area contributed by atoms with Crippen LogP contribution in [0.3, 0.4) is 0 Å². The van der Waals surface area contributed by atoms with Gasteiger partial charge in [-0.25, -0.2) is 0 Å². The van der Waals surface area contributed by atoms with Crippen LogP contribution in [0.5, 0.6) is 5.75 Å². The zero-order valence-electron chi connectivity index (χ0n) is 14.2. The monoisotopic (exact) mass is 430 g/mol. The fourth-order valence-electron chi connectivity index (χ4n) is 2.15. The van der Waals surface area contributed by atoms with Gasteiger partial charge in [0.25, 0.3) is 0 Å². The van der Waals surface area contributed by atoms with Gasteiger partial charge < -0.3 is 15.4 Å². The summed E-state index contributed by atoms with van der Waals surface area (Å²) in [7, 11) is 0. The lowest BCUT2D eigenvalue weighted by atomic mass is 10.2. The molecule has 2 aromatic rings. The van der Waals surface area contributed by atoms with Crippen LogP contribution in [0.25, 0.3) is 0 Å². The van der Waals surface area contributed by atoms with Gasteiger partial charge >= 0.3 is 6.18 Å². The average molecular weight is 431 g/mol. The van der Waals surface area contributed by atoms with E-state index in [1.807, 2.05) is 19.1 Å². The van der Waals surface area contributed by atoms with Gasteiger partial charge in [0, 0.05) is 4.47 Å². The molecule has 8 heteroatoms. The van der Waals surface area contributed by atoms with E-state index < -0.39 is 12.8 Å². The molecule has 26 heavy (non-hydrogen) atoms. The van der Waals surface area contributed by atoms with Crippen molar-refractivity contribution < 1.29 is 22.7 Å². The van der Waals surface area contributed by atoms with E-state index in [0.29, 0.717) is 11.4 Å². The summed E-state index contributed by atoms with van der Waals surface area (Å²) in [5.41, 5.74) is 2.72. The molecule has 0 aromatic heterocycles. The number of alkyl halides is 3. The molecule has 0 radical (unpaired) electrons. The molecule has 4 nitrogen and oxygen atoms in total. The molecule has 2 N–H and O–H groups in total. The van der Waals surface area contributed by atoms with Crippen LogP contribution in [0.15, 0.2) is 40.9 Å². The number of anilines is 2. The molecule has 2 aromatic carbocycles. The Bertz CT molecular complexity index is 794. The van der Waals surface area contributed by atoms with E-state index in [1.54, 1.807) is 25.1 Å². The average Bonchev–Trinajstić information content (AvgIpc) is 2.54. The Hall–Kier alpha value is -2.22. The second kappa shape index (κ2) is 8.44. The molecule has 2 rings (SSSR count). The van der Waals surface area contributed by atoms with E-state index in [2.05, 4.69) is 26.6 Å². The molecule has 0 bridgehead atoms. The van der Waals surface area contributed by atoms with E-state index in [-0.39, 0.29) is 18.2 Å². The summed E-state index contributed by atoms with van der Waals surface area (Å²) in [4.78, 5) is 12.1. The summed E-state index contributed by atoms with van der Waals surface area (Å²) < 4.78 is 42.7. The SMILES string of the molecule is Cc1ccc(NC(=O)CNc2ccc(C)cc2OCC(F)(F)F)c(Br)c1. The number of nitrogens with one attached hydrogen (secondary N) is 2. The van der Waals surface area contributed by atoms with Crippen LogP contribution in [0.4, 0.5) is 24.5 Å². The van der Waals surface area contributed by atoms with Crippen LogP contribution in [0, 0.1) is 13.8 Å². The maximum absolute atomic E-state index is 12.4. The first-order valence-corrected chi connectivity index (χ1v) is 8.53. The Morgan fingerprint density at radius 1 is 1.08 bits per heavy atom. The minimum Gasteiger partial charge on any atom is -0.482 e. The molecular weight excluding hydrogens is 413 g/mol. The highest BCUT2D eigenvalue weighted by Gasteiger charge is 2.28. The fourth-order valence-corrected chi connectivity index (χ4v) is 2.74. The van der Waals surface area contributed by atoms with Gasteiger partial charge in [0.2, 0.25) is 5.91 Å². The Morgan fingerprint density at radius 2 is 1.69 bits per heavy atom. The Kier molecular flexibility index (Phi) is 6.52. The van der Waals surface area contributed by atoms with Gasteiger partial charge in [-0.15, -0.1) is 0 Å². The van der Waals surface area contributed by atoms with E-state index in [1.165, 1.54) is 6.07 Å². The van der Waals surface area contributed by atoms with Gasteiger partial charge in [-0.1, -0.05) is 12.1 Å². The highest BCUT2D eigenvalue weighted by atomic mass is 79.9. The van der Waals surface area contributed by atoms with Crippen LogP contribution in [0.1, 0.15) is 11.1 Å². The van der Waals surface area contributed by atoms with Gasteiger partial charge in [-0.2, -0.15) is 13.2 Å². The molecule has 0 unspecified atom stereocenters. The third-order valence-corrected chi connectivity index (χ3v) is 4.02. The molecule has 0 saturated heterocycles. The lowest BCUT2D eigenvalue weighted by molar-refractivity contribution is -0.153. The second-order valence-electron chi connectivity index (χ2n) is 5.79. The quantitative estimate of drug-likeness (QED) is 0.673. The number of aryl methyl sites for hydroxylation is 2. The van der Waals surface area contributed by atoms with E-state index in [4.69, 9.17) is 4.74 Å². The van der Waals surface area contributed by atoms with Crippen LogP contribution < -0.4 is 15.4 Å². The second-order valence-corrected chi connectivity index (χ2v) is 6.64. The summed E-state index contributed by atoms with van der Waals surface area (Å²) in [6.07, 6.45) is -4.43. The number of amides is 1. The molecule has 0 fully saturated rings. The molecule has 0 atom stereocenters. The predicted octanol–water partition coefficient (Wildman–Crippen LogP) is 5.06. The van der Waals surface area contributed by atoms with Crippen LogP contribution in [-0.4, -0.2) is 25.2 Å². The lowest BCUT2D eigenvalue weighted by Gasteiger charge is -2.15. The minimum absolute atomic E-state index is 0.0478. The third kappa shape index (κ3) is 6.25. The smallest absolute Gasteiger partial charge is 0.422 e. The molecular formula is C18H18BrF3N2O2. The van der Waals surface area contributed by atoms with Crippen molar-refractivity contribution in [3.05, 3.63) is 52.0 Å². The molecule has 140 valence electrons. The van der Waals surface area contributed by atoms with E-state index >= 15 is 0 Å². The van der Waals surface area contributed by atoms with Crippen molar-refractivity contribution in [3.8, 4) is 5.75 Å². The number of ether oxygens (including phenoxy) is 1. The minimum atomic E-state index is -4.43. The lowest BCUT2D eigenvalue weighted by Crippen LogP contribution is -2.23. The van der Waals surface area contributed by atoms with Crippen LogP contribution >= 0.6 is 15.9 Å². The maximum atomic E-state index is 12.4. The summed E-state index contributed by atoms with van der Waals surface area (Å²) in [6.45, 7) is 2.16. The highest BCUT2D eigenvalue weighted by Crippen LogP contribution is 2.28. The van der Waals surface area contributed by atoms with Crippen molar-refractivity contribution in [1.29, 1.82) is 0 Å². The number of halogens is 4. The van der Waals surface area contributed by atoms with Crippen molar-refractivity contribution in [2.75, 3.05) is 23.8 Å². The van der Waals surface area contributed by atoms with Gasteiger partial charge in [-0.3, -0.25) is 4.79 Å². The zero-order chi connectivity index (χ0) is 19.3. The predicted molar refractivity (Wildman–Crippen MR) is 98.7 cm³/mol. The van der Waals surface area contributed by atoms with Crippen LogP contribution in [-0.2, 0) is 4.79 Å². The first-order valence-electron chi connectivity index (χ1n) is 7.74. The maximum Gasteiger partial charge on any atom is 0.422 e. The number of rotatable bonds is 6. The third-order valence-electron chi connectivity index (χ3n) is 3.37. The standard InChI is InChI=1S/C18H18BrF3N2O2/c1-11-3-5-14(13(19)7-11)24-17(25)9-23-15-6-4-12(2)8-16(15)26-10-18(20,21)22/h3-8,23H,9-10H2,1-2H3,(H,24,25). The Morgan fingerprint density at radius 3 is 2.31 bits per heavy atom. The summed E-state index contributed by atoms with van der Waals surface area (Å²) in [6, 6.07) is 10.3. The molecule has 0 heterocycles. The summed E-state index contributed by atoms with van der Waals surface area (Å²) in [5, 5.41) is 5.53. The van der Waals surface area contributed by atoms with Gasteiger partial charge in [0.05, 0.1) is 17.9 Å². The number of hydrogen-bond donors (Lipinski definition) is 2. The van der Waals surface area contributed by atoms with Crippen molar-refractivity contribution in [2.45, 2.75) is 20.0 Å².